The van der Waals surface area contributed by atoms with Crippen molar-refractivity contribution in [2.24, 2.45) is 7.05 Å². The fourth-order valence-electron chi connectivity index (χ4n) is 3.41. The lowest BCUT2D eigenvalue weighted by atomic mass is 10.0. The minimum atomic E-state index is -0.803. The van der Waals surface area contributed by atoms with Gasteiger partial charge in [0.15, 0.2) is 6.10 Å². The third-order valence-electron chi connectivity index (χ3n) is 4.84. The van der Waals surface area contributed by atoms with E-state index in [9.17, 15) is 9.59 Å². The van der Waals surface area contributed by atoms with Crippen LogP contribution in [0.3, 0.4) is 0 Å². The molecule has 0 bridgehead atoms. The predicted octanol–water partition coefficient (Wildman–Crippen LogP) is 0.883. The SMILES string of the molecule is Cn1c(CCNC(=O)[C@H]2OCC(=O)N[C@@H]2c2cccnc2)nc2ccccc21. The fraction of sp³-hybridized carbons (Fsp3) is 0.300. The second kappa shape index (κ2) is 7.77. The van der Waals surface area contributed by atoms with Crippen LogP contribution in [-0.4, -0.2) is 45.6 Å². The number of carbonyl (C=O) groups is 2. The van der Waals surface area contributed by atoms with Gasteiger partial charge in [-0.25, -0.2) is 4.98 Å². The number of hydrogen-bond acceptors (Lipinski definition) is 5. The monoisotopic (exact) mass is 379 g/mol. The van der Waals surface area contributed by atoms with Crippen LogP contribution >= 0.6 is 0 Å². The van der Waals surface area contributed by atoms with Crippen molar-refractivity contribution in [3.05, 3.63) is 60.2 Å². The van der Waals surface area contributed by atoms with Crippen LogP contribution in [0.15, 0.2) is 48.8 Å². The Balaban J connectivity index is 1.42. The summed E-state index contributed by atoms with van der Waals surface area (Å²) in [4.78, 5) is 33.1. The lowest BCUT2D eigenvalue weighted by Gasteiger charge is -2.31. The first-order valence-electron chi connectivity index (χ1n) is 9.12. The van der Waals surface area contributed by atoms with Crippen molar-refractivity contribution < 1.29 is 14.3 Å². The molecule has 3 aromatic rings. The molecular formula is C20H21N5O3. The third-order valence-corrected chi connectivity index (χ3v) is 4.84. The molecule has 3 heterocycles. The number of nitrogens with zero attached hydrogens (tertiary/aromatic N) is 3. The molecule has 2 N–H and O–H groups in total. The molecule has 2 amide bonds. The minimum absolute atomic E-state index is 0.139. The summed E-state index contributed by atoms with van der Waals surface area (Å²) in [6, 6.07) is 10.9. The largest absolute Gasteiger partial charge is 0.356 e. The first kappa shape index (κ1) is 18.1. The summed E-state index contributed by atoms with van der Waals surface area (Å²) in [5.41, 5.74) is 2.71. The molecule has 1 saturated heterocycles. The molecule has 2 aromatic heterocycles. The van der Waals surface area contributed by atoms with E-state index in [0.717, 1.165) is 22.4 Å². The summed E-state index contributed by atoms with van der Waals surface area (Å²) in [6.45, 7) is 0.281. The van der Waals surface area contributed by atoms with Gasteiger partial charge in [-0.1, -0.05) is 18.2 Å². The number of benzene rings is 1. The lowest BCUT2D eigenvalue weighted by molar-refractivity contribution is -0.148. The van der Waals surface area contributed by atoms with Crippen LogP contribution in [-0.2, 0) is 27.8 Å². The van der Waals surface area contributed by atoms with Gasteiger partial charge >= 0.3 is 0 Å². The zero-order chi connectivity index (χ0) is 19.5. The average Bonchev–Trinajstić information content (AvgIpc) is 3.04. The Kier molecular flexibility index (Phi) is 5.03. The summed E-state index contributed by atoms with van der Waals surface area (Å²) in [5.74, 6) is 0.369. The van der Waals surface area contributed by atoms with Gasteiger partial charge < -0.3 is 19.9 Å². The zero-order valence-corrected chi connectivity index (χ0v) is 15.5. The van der Waals surface area contributed by atoms with E-state index < -0.39 is 12.1 Å². The van der Waals surface area contributed by atoms with Crippen LogP contribution in [0.4, 0.5) is 0 Å². The van der Waals surface area contributed by atoms with Crippen LogP contribution in [0.5, 0.6) is 0 Å². The highest BCUT2D eigenvalue weighted by Gasteiger charge is 2.36. The molecule has 0 aliphatic carbocycles. The van der Waals surface area contributed by atoms with Crippen molar-refractivity contribution in [2.75, 3.05) is 13.2 Å². The molecule has 8 nitrogen and oxygen atoms in total. The van der Waals surface area contributed by atoms with Gasteiger partial charge in [-0.3, -0.25) is 14.6 Å². The molecule has 144 valence electrons. The fourth-order valence-corrected chi connectivity index (χ4v) is 3.41. The summed E-state index contributed by atoms with van der Waals surface area (Å²) in [7, 11) is 1.96. The highest BCUT2D eigenvalue weighted by atomic mass is 16.5. The molecule has 0 unspecified atom stereocenters. The van der Waals surface area contributed by atoms with E-state index in [1.54, 1.807) is 18.5 Å². The second-order valence-corrected chi connectivity index (χ2v) is 6.68. The van der Waals surface area contributed by atoms with Crippen molar-refractivity contribution in [1.82, 2.24) is 25.2 Å². The number of rotatable bonds is 5. The van der Waals surface area contributed by atoms with Crippen molar-refractivity contribution in [3.8, 4) is 0 Å². The standard InChI is InChI=1S/C20H21N5O3/c1-25-15-7-3-2-6-14(15)23-16(25)8-10-22-20(27)19-18(24-17(26)12-28-19)13-5-4-9-21-11-13/h2-7,9,11,18-19H,8,10,12H2,1H3,(H,22,27)(H,24,26)/t18-,19+/m1/s1. The van der Waals surface area contributed by atoms with E-state index in [2.05, 4.69) is 20.6 Å². The molecule has 0 saturated carbocycles. The van der Waals surface area contributed by atoms with Crippen molar-refractivity contribution in [2.45, 2.75) is 18.6 Å². The number of ether oxygens (including phenoxy) is 1. The van der Waals surface area contributed by atoms with Gasteiger partial charge in [-0.2, -0.15) is 0 Å². The molecule has 2 atom stereocenters. The summed E-state index contributed by atoms with van der Waals surface area (Å²) < 4.78 is 7.55. The molecule has 1 fully saturated rings. The normalized spacial score (nSPS) is 19.4. The number of fused-ring (bicyclic) bond motifs is 1. The number of amides is 2. The molecule has 8 heteroatoms. The molecule has 0 spiro atoms. The average molecular weight is 379 g/mol. The highest BCUT2D eigenvalue weighted by molar-refractivity contribution is 5.86. The molecule has 0 radical (unpaired) electrons. The van der Waals surface area contributed by atoms with Gasteiger partial charge in [0.2, 0.25) is 5.91 Å². The first-order chi connectivity index (χ1) is 13.6. The maximum Gasteiger partial charge on any atom is 0.251 e. The van der Waals surface area contributed by atoms with E-state index in [4.69, 9.17) is 4.74 Å². The number of morpholine rings is 1. The minimum Gasteiger partial charge on any atom is -0.356 e. The number of para-hydroxylation sites is 2. The van der Waals surface area contributed by atoms with E-state index >= 15 is 0 Å². The van der Waals surface area contributed by atoms with Gasteiger partial charge in [-0.05, 0) is 23.8 Å². The predicted molar refractivity (Wildman–Crippen MR) is 102 cm³/mol. The quantitative estimate of drug-likeness (QED) is 0.686. The summed E-state index contributed by atoms with van der Waals surface area (Å²) in [6.07, 6.45) is 3.05. The van der Waals surface area contributed by atoms with Crippen molar-refractivity contribution in [1.29, 1.82) is 0 Å². The molecule has 4 rings (SSSR count). The van der Waals surface area contributed by atoms with Gasteiger partial charge in [0.25, 0.3) is 5.91 Å². The Morgan fingerprint density at radius 2 is 2.18 bits per heavy atom. The molecule has 28 heavy (non-hydrogen) atoms. The van der Waals surface area contributed by atoms with Crippen LogP contribution in [0.25, 0.3) is 11.0 Å². The van der Waals surface area contributed by atoms with Gasteiger partial charge in [-0.15, -0.1) is 0 Å². The van der Waals surface area contributed by atoms with Crippen molar-refractivity contribution in [3.63, 3.8) is 0 Å². The van der Waals surface area contributed by atoms with Crippen LogP contribution in [0.1, 0.15) is 17.4 Å². The molecule has 1 aromatic carbocycles. The Hall–Kier alpha value is -3.26. The van der Waals surface area contributed by atoms with E-state index in [1.807, 2.05) is 41.9 Å². The zero-order valence-electron chi connectivity index (χ0n) is 15.5. The van der Waals surface area contributed by atoms with Gasteiger partial charge in [0.05, 0.1) is 17.1 Å². The number of hydrogen-bond donors (Lipinski definition) is 2. The number of aryl methyl sites for hydroxylation is 1. The first-order valence-corrected chi connectivity index (χ1v) is 9.12. The van der Waals surface area contributed by atoms with E-state index in [-0.39, 0.29) is 18.4 Å². The van der Waals surface area contributed by atoms with Crippen LogP contribution < -0.4 is 10.6 Å². The number of carbonyl (C=O) groups excluding carboxylic acids is 2. The molecular weight excluding hydrogens is 358 g/mol. The maximum absolute atomic E-state index is 12.7. The summed E-state index contributed by atoms with van der Waals surface area (Å²) in [5, 5.41) is 5.72. The van der Waals surface area contributed by atoms with Gasteiger partial charge in [0.1, 0.15) is 12.4 Å². The Morgan fingerprint density at radius 1 is 1.32 bits per heavy atom. The number of pyridine rings is 1. The Morgan fingerprint density at radius 3 is 2.96 bits per heavy atom. The smallest absolute Gasteiger partial charge is 0.251 e. The van der Waals surface area contributed by atoms with E-state index in [1.165, 1.54) is 0 Å². The maximum atomic E-state index is 12.7. The highest BCUT2D eigenvalue weighted by Crippen LogP contribution is 2.22. The lowest BCUT2D eigenvalue weighted by Crippen LogP contribution is -2.52. The Bertz CT molecular complexity index is 1000. The second-order valence-electron chi connectivity index (χ2n) is 6.68. The topological polar surface area (TPSA) is 98.1 Å². The van der Waals surface area contributed by atoms with Crippen LogP contribution in [0, 0.1) is 0 Å². The number of nitrogens with one attached hydrogen (secondary N) is 2. The van der Waals surface area contributed by atoms with Gasteiger partial charge in [0, 0.05) is 32.4 Å². The van der Waals surface area contributed by atoms with E-state index in [0.29, 0.717) is 13.0 Å². The van der Waals surface area contributed by atoms with Crippen LogP contribution in [0.2, 0.25) is 0 Å². The molecule has 1 aliphatic rings. The van der Waals surface area contributed by atoms with Crippen molar-refractivity contribution >= 4 is 22.8 Å². The number of imidazole rings is 1. The summed E-state index contributed by atoms with van der Waals surface area (Å²) >= 11 is 0. The molecule has 1 aliphatic heterocycles. The number of aromatic nitrogens is 3. The third kappa shape index (κ3) is 3.59. The Labute approximate surface area is 161 Å².